The fourth-order valence-corrected chi connectivity index (χ4v) is 5.87. The summed E-state index contributed by atoms with van der Waals surface area (Å²) in [5.41, 5.74) is 6.17. The minimum absolute atomic E-state index is 0.156. The van der Waals surface area contributed by atoms with Crippen LogP contribution in [0, 0.1) is 6.92 Å². The highest BCUT2D eigenvalue weighted by Crippen LogP contribution is 2.33. The summed E-state index contributed by atoms with van der Waals surface area (Å²) >= 11 is 14.3. The highest BCUT2D eigenvalue weighted by Gasteiger charge is 2.20. The van der Waals surface area contributed by atoms with Crippen molar-refractivity contribution >= 4 is 46.7 Å². The summed E-state index contributed by atoms with van der Waals surface area (Å²) < 4.78 is 1.88. The minimum Gasteiger partial charge on any atom is -0.331 e. The fraction of sp³-hybridized carbons (Fsp3) is 0.300. The number of urea groups is 1. The van der Waals surface area contributed by atoms with Crippen molar-refractivity contribution in [3.8, 4) is 5.69 Å². The van der Waals surface area contributed by atoms with Gasteiger partial charge in [0.15, 0.2) is 11.0 Å². The predicted octanol–water partition coefficient (Wildman–Crippen LogP) is 8.74. The van der Waals surface area contributed by atoms with Gasteiger partial charge in [0.25, 0.3) is 0 Å². The zero-order valence-electron chi connectivity index (χ0n) is 22.8. The number of para-hydroxylation sites is 1. The van der Waals surface area contributed by atoms with Crippen molar-refractivity contribution < 1.29 is 4.79 Å². The molecule has 0 aliphatic heterocycles. The Morgan fingerprint density at radius 2 is 1.64 bits per heavy atom. The standard InChI is InChI=1S/C30H33Cl2N5OS/c1-18(2)23-11-8-12-24(19(3)4)28(23)34-29(38)33-16-27-35-36-30(39-17-21-10-7-6-9-20(21)5)37(27)26-14-13-22(31)15-25(26)32/h6-15,18-19H,16-17H2,1-5H3,(H2,33,34,38). The third-order valence-electron chi connectivity index (χ3n) is 6.49. The second-order valence-electron chi connectivity index (χ2n) is 9.97. The molecule has 0 aliphatic rings. The van der Waals surface area contributed by atoms with Crippen molar-refractivity contribution in [2.45, 2.75) is 63.9 Å². The van der Waals surface area contributed by atoms with Crippen LogP contribution in [0.5, 0.6) is 0 Å². The SMILES string of the molecule is Cc1ccccc1CSc1nnc(CNC(=O)Nc2c(C(C)C)cccc2C(C)C)n1-c1ccc(Cl)cc1Cl. The highest BCUT2D eigenvalue weighted by atomic mass is 35.5. The van der Waals surface area contributed by atoms with Gasteiger partial charge in [-0.05, 0) is 59.2 Å². The van der Waals surface area contributed by atoms with Crippen molar-refractivity contribution in [1.82, 2.24) is 20.1 Å². The molecule has 0 saturated carbocycles. The lowest BCUT2D eigenvalue weighted by Gasteiger charge is -2.20. The van der Waals surface area contributed by atoms with Crippen molar-refractivity contribution in [3.05, 3.63) is 98.8 Å². The van der Waals surface area contributed by atoms with Gasteiger partial charge in [-0.2, -0.15) is 0 Å². The van der Waals surface area contributed by atoms with Crippen molar-refractivity contribution in [2.75, 3.05) is 5.32 Å². The second-order valence-corrected chi connectivity index (χ2v) is 11.8. The van der Waals surface area contributed by atoms with Crippen LogP contribution in [0.15, 0.2) is 65.8 Å². The van der Waals surface area contributed by atoms with E-state index in [1.807, 2.05) is 28.8 Å². The molecule has 39 heavy (non-hydrogen) atoms. The van der Waals surface area contributed by atoms with Gasteiger partial charge in [-0.1, -0.05) is 105 Å². The number of thioether (sulfide) groups is 1. The minimum atomic E-state index is -0.309. The van der Waals surface area contributed by atoms with Crippen molar-refractivity contribution in [3.63, 3.8) is 0 Å². The van der Waals surface area contributed by atoms with Crippen LogP contribution < -0.4 is 10.6 Å². The molecule has 2 N–H and O–H groups in total. The van der Waals surface area contributed by atoms with E-state index in [1.165, 1.54) is 11.1 Å². The lowest BCUT2D eigenvalue weighted by Crippen LogP contribution is -2.30. The molecule has 204 valence electrons. The first-order valence-electron chi connectivity index (χ1n) is 12.9. The van der Waals surface area contributed by atoms with Gasteiger partial charge >= 0.3 is 6.03 Å². The molecule has 1 heterocycles. The summed E-state index contributed by atoms with van der Waals surface area (Å²) in [6.45, 7) is 10.7. The van der Waals surface area contributed by atoms with E-state index in [4.69, 9.17) is 23.2 Å². The average molecular weight is 583 g/mol. The third kappa shape index (κ3) is 6.96. The van der Waals surface area contributed by atoms with Crippen molar-refractivity contribution in [1.29, 1.82) is 0 Å². The van der Waals surface area contributed by atoms with Crippen LogP contribution >= 0.6 is 35.0 Å². The van der Waals surface area contributed by atoms with Crippen molar-refractivity contribution in [2.24, 2.45) is 0 Å². The molecule has 9 heteroatoms. The molecule has 2 amide bonds. The lowest BCUT2D eigenvalue weighted by atomic mass is 9.93. The molecule has 0 unspecified atom stereocenters. The molecule has 0 fully saturated rings. The molecule has 0 saturated heterocycles. The number of rotatable bonds is 9. The number of nitrogens with one attached hydrogen (secondary N) is 2. The predicted molar refractivity (Wildman–Crippen MR) is 163 cm³/mol. The maximum Gasteiger partial charge on any atom is 0.319 e. The van der Waals surface area contributed by atoms with E-state index in [1.54, 1.807) is 23.9 Å². The second kappa shape index (κ2) is 12.9. The van der Waals surface area contributed by atoms with Crippen LogP contribution in [-0.4, -0.2) is 20.8 Å². The summed E-state index contributed by atoms with van der Waals surface area (Å²) in [4.78, 5) is 13.1. The van der Waals surface area contributed by atoms with E-state index in [0.29, 0.717) is 32.5 Å². The average Bonchev–Trinajstić information content (AvgIpc) is 3.29. The number of benzene rings is 3. The van der Waals surface area contributed by atoms with Crippen LogP contribution in [0.25, 0.3) is 5.69 Å². The molecular weight excluding hydrogens is 549 g/mol. The number of carbonyl (C=O) groups excluding carboxylic acids is 1. The molecule has 4 rings (SSSR count). The summed E-state index contributed by atoms with van der Waals surface area (Å²) in [6, 6.07) is 19.4. The van der Waals surface area contributed by atoms with E-state index in [0.717, 1.165) is 16.8 Å². The first kappa shape index (κ1) is 29.0. The van der Waals surface area contributed by atoms with Crippen LogP contribution in [0.4, 0.5) is 10.5 Å². The fourth-order valence-electron chi connectivity index (χ4n) is 4.34. The van der Waals surface area contributed by atoms with E-state index in [-0.39, 0.29) is 24.4 Å². The topological polar surface area (TPSA) is 71.8 Å². The third-order valence-corrected chi connectivity index (χ3v) is 8.00. The highest BCUT2D eigenvalue weighted by molar-refractivity contribution is 7.98. The van der Waals surface area contributed by atoms with Crippen LogP contribution in [0.1, 0.15) is 67.6 Å². The Labute approximate surface area is 244 Å². The van der Waals surface area contributed by atoms with E-state index >= 15 is 0 Å². The monoisotopic (exact) mass is 581 g/mol. The summed E-state index contributed by atoms with van der Waals surface area (Å²) in [6.07, 6.45) is 0. The Balaban J connectivity index is 1.59. The van der Waals surface area contributed by atoms with Gasteiger partial charge in [-0.3, -0.25) is 4.57 Å². The zero-order chi connectivity index (χ0) is 28.1. The molecule has 0 spiro atoms. The van der Waals surface area contributed by atoms with Gasteiger partial charge < -0.3 is 10.6 Å². The Hall–Kier alpha value is -3.00. The van der Waals surface area contributed by atoms with Gasteiger partial charge in [-0.15, -0.1) is 10.2 Å². The largest absolute Gasteiger partial charge is 0.331 e. The van der Waals surface area contributed by atoms with Gasteiger partial charge in [-0.25, -0.2) is 4.79 Å². The number of halogens is 2. The first-order valence-corrected chi connectivity index (χ1v) is 14.6. The van der Waals surface area contributed by atoms with Crippen LogP contribution in [0.2, 0.25) is 10.0 Å². The Kier molecular flexibility index (Phi) is 9.59. The van der Waals surface area contributed by atoms with Crippen LogP contribution in [0.3, 0.4) is 0 Å². The quantitative estimate of drug-likeness (QED) is 0.194. The van der Waals surface area contributed by atoms with Crippen LogP contribution in [-0.2, 0) is 12.3 Å². The number of anilines is 1. The number of amides is 2. The van der Waals surface area contributed by atoms with Gasteiger partial charge in [0.2, 0.25) is 0 Å². The number of aryl methyl sites for hydroxylation is 1. The molecule has 4 aromatic rings. The normalized spacial score (nSPS) is 11.3. The zero-order valence-corrected chi connectivity index (χ0v) is 25.1. The maximum absolute atomic E-state index is 13.1. The lowest BCUT2D eigenvalue weighted by molar-refractivity contribution is 0.251. The first-order chi connectivity index (χ1) is 18.7. The molecule has 0 radical (unpaired) electrons. The number of hydrogen-bond acceptors (Lipinski definition) is 4. The summed E-state index contributed by atoms with van der Waals surface area (Å²) in [5.74, 6) is 1.81. The number of hydrogen-bond donors (Lipinski definition) is 2. The molecule has 0 aliphatic carbocycles. The van der Waals surface area contributed by atoms with Gasteiger partial charge in [0, 0.05) is 16.5 Å². The Morgan fingerprint density at radius 1 is 0.949 bits per heavy atom. The molecule has 1 aromatic heterocycles. The van der Waals surface area contributed by atoms with Gasteiger partial charge in [0.1, 0.15) is 0 Å². The molecule has 0 bridgehead atoms. The van der Waals surface area contributed by atoms with Gasteiger partial charge in [0.05, 0.1) is 17.3 Å². The number of carbonyl (C=O) groups is 1. The molecule has 6 nitrogen and oxygen atoms in total. The number of aromatic nitrogens is 3. The smallest absolute Gasteiger partial charge is 0.319 e. The molecule has 3 aromatic carbocycles. The maximum atomic E-state index is 13.1. The molecular formula is C30H33Cl2N5OS. The Morgan fingerprint density at radius 3 is 2.28 bits per heavy atom. The van der Waals surface area contributed by atoms with E-state index in [9.17, 15) is 4.79 Å². The summed E-state index contributed by atoms with van der Waals surface area (Å²) in [7, 11) is 0. The Bertz CT molecular complexity index is 1440. The van der Waals surface area contributed by atoms with E-state index in [2.05, 4.69) is 79.7 Å². The number of nitrogens with zero attached hydrogens (tertiary/aromatic N) is 3. The summed E-state index contributed by atoms with van der Waals surface area (Å²) in [5, 5.41) is 16.6. The molecule has 0 atom stereocenters. The van der Waals surface area contributed by atoms with E-state index < -0.39 is 0 Å².